The first kappa shape index (κ1) is 23.9. The zero-order valence-electron chi connectivity index (χ0n) is 19.9. The molecule has 4 rings (SSSR count). The van der Waals surface area contributed by atoms with Crippen molar-refractivity contribution in [3.05, 3.63) is 84.2 Å². The number of anilines is 2. The van der Waals surface area contributed by atoms with E-state index in [-0.39, 0.29) is 30.7 Å². The van der Waals surface area contributed by atoms with E-state index in [2.05, 4.69) is 15.6 Å². The van der Waals surface area contributed by atoms with E-state index in [1.165, 1.54) is 21.7 Å². The molecule has 180 valence electrons. The number of carbonyl (C=O) groups excluding carboxylic acids is 2. The van der Waals surface area contributed by atoms with Gasteiger partial charge in [0.25, 0.3) is 0 Å². The molecule has 0 saturated heterocycles. The number of halogens is 1. The summed E-state index contributed by atoms with van der Waals surface area (Å²) in [6.45, 7) is 1.72. The molecule has 8 nitrogen and oxygen atoms in total. The van der Waals surface area contributed by atoms with Gasteiger partial charge in [-0.3, -0.25) is 9.59 Å². The van der Waals surface area contributed by atoms with Crippen molar-refractivity contribution >= 4 is 34.2 Å². The quantitative estimate of drug-likeness (QED) is 0.421. The Morgan fingerprint density at radius 1 is 1.00 bits per heavy atom. The minimum absolute atomic E-state index is 0.0864. The van der Waals surface area contributed by atoms with Crippen LogP contribution in [0.1, 0.15) is 12.5 Å². The average molecular weight is 475 g/mol. The molecule has 1 atom stereocenters. The second kappa shape index (κ2) is 10.3. The number of fused-ring (bicyclic) bond motifs is 1. The number of amides is 2. The summed E-state index contributed by atoms with van der Waals surface area (Å²) in [5, 5.41) is 11.1. The lowest BCUT2D eigenvalue weighted by Gasteiger charge is -2.29. The number of nitrogens with one attached hydrogen (secondary N) is 1. The van der Waals surface area contributed by atoms with Gasteiger partial charge in [-0.1, -0.05) is 29.5 Å². The zero-order chi connectivity index (χ0) is 24.9. The van der Waals surface area contributed by atoms with Crippen molar-refractivity contribution in [1.82, 2.24) is 19.9 Å². The Morgan fingerprint density at radius 2 is 1.69 bits per heavy atom. The van der Waals surface area contributed by atoms with E-state index in [4.69, 9.17) is 0 Å². The molecular weight excluding hydrogens is 447 g/mol. The van der Waals surface area contributed by atoms with Crippen LogP contribution in [0.5, 0.6) is 0 Å². The highest BCUT2D eigenvalue weighted by Gasteiger charge is 2.27. The molecule has 0 aliphatic carbocycles. The summed E-state index contributed by atoms with van der Waals surface area (Å²) in [5.74, 6) is -1.01. The minimum atomic E-state index is -0.795. The molecule has 3 aromatic carbocycles. The maximum Gasteiger partial charge on any atom is 0.246 e. The van der Waals surface area contributed by atoms with Gasteiger partial charge < -0.3 is 15.1 Å². The predicted molar refractivity (Wildman–Crippen MR) is 133 cm³/mol. The lowest BCUT2D eigenvalue weighted by atomic mass is 10.1. The maximum absolute atomic E-state index is 13.4. The first-order valence-electron chi connectivity index (χ1n) is 11.2. The number of benzene rings is 3. The van der Waals surface area contributed by atoms with Gasteiger partial charge in [0, 0.05) is 32.0 Å². The van der Waals surface area contributed by atoms with E-state index >= 15 is 0 Å². The Morgan fingerprint density at radius 3 is 2.37 bits per heavy atom. The van der Waals surface area contributed by atoms with Crippen LogP contribution in [0.4, 0.5) is 15.8 Å². The highest BCUT2D eigenvalue weighted by Crippen LogP contribution is 2.18. The molecule has 0 aliphatic heterocycles. The maximum atomic E-state index is 13.4. The largest absolute Gasteiger partial charge is 0.378 e. The van der Waals surface area contributed by atoms with E-state index in [1.54, 1.807) is 19.1 Å². The van der Waals surface area contributed by atoms with E-state index in [1.807, 2.05) is 67.5 Å². The first-order valence-corrected chi connectivity index (χ1v) is 11.2. The van der Waals surface area contributed by atoms with Crippen molar-refractivity contribution in [2.24, 2.45) is 0 Å². The molecule has 0 radical (unpaired) electrons. The van der Waals surface area contributed by atoms with Crippen LogP contribution in [0.15, 0.2) is 72.8 Å². The van der Waals surface area contributed by atoms with Crippen molar-refractivity contribution in [3.8, 4) is 0 Å². The van der Waals surface area contributed by atoms with Gasteiger partial charge in [0.2, 0.25) is 11.8 Å². The standard InChI is InChI=1S/C26H27FN6O2/c1-18(26(35)28-21-12-14-22(15-13-21)31(2)3)32(16-19-8-10-20(27)11-9-19)25(34)17-33-24-7-5-4-6-23(24)29-30-33/h4-15,18H,16-17H2,1-3H3,(H,28,35). The van der Waals surface area contributed by atoms with Crippen molar-refractivity contribution in [2.75, 3.05) is 24.3 Å². The van der Waals surface area contributed by atoms with Crippen LogP contribution in [-0.2, 0) is 22.7 Å². The molecule has 4 aromatic rings. The Hall–Kier alpha value is -4.27. The molecule has 0 saturated carbocycles. The van der Waals surface area contributed by atoms with Crippen LogP contribution in [0.2, 0.25) is 0 Å². The monoisotopic (exact) mass is 474 g/mol. The molecule has 9 heteroatoms. The number of rotatable bonds is 8. The molecule has 2 amide bonds. The van der Waals surface area contributed by atoms with Gasteiger partial charge in [0.1, 0.15) is 23.9 Å². The Bertz CT molecular complexity index is 1320. The summed E-state index contributed by atoms with van der Waals surface area (Å²) < 4.78 is 14.9. The Labute approximate surface area is 203 Å². The molecule has 1 aromatic heterocycles. The van der Waals surface area contributed by atoms with Crippen molar-refractivity contribution in [1.29, 1.82) is 0 Å². The summed E-state index contributed by atoms with van der Waals surface area (Å²) >= 11 is 0. The van der Waals surface area contributed by atoms with Gasteiger partial charge in [-0.05, 0) is 61.0 Å². The van der Waals surface area contributed by atoms with Crippen molar-refractivity contribution < 1.29 is 14.0 Å². The lowest BCUT2D eigenvalue weighted by molar-refractivity contribution is -0.139. The lowest BCUT2D eigenvalue weighted by Crippen LogP contribution is -2.46. The molecule has 1 heterocycles. The fraction of sp³-hybridized carbons (Fsp3) is 0.231. The normalized spacial score (nSPS) is 11.8. The second-order valence-electron chi connectivity index (χ2n) is 8.49. The first-order chi connectivity index (χ1) is 16.8. The van der Waals surface area contributed by atoms with Crippen LogP contribution in [-0.4, -0.2) is 51.8 Å². The Kier molecular flexibility index (Phi) is 7.05. The number of hydrogen-bond acceptors (Lipinski definition) is 5. The molecule has 35 heavy (non-hydrogen) atoms. The SMILES string of the molecule is CC(C(=O)Nc1ccc(N(C)C)cc1)N(Cc1ccc(F)cc1)C(=O)Cn1nnc2ccccc21. The third kappa shape index (κ3) is 5.63. The third-order valence-corrected chi connectivity index (χ3v) is 5.79. The summed E-state index contributed by atoms with van der Waals surface area (Å²) in [6.07, 6.45) is 0. The van der Waals surface area contributed by atoms with Crippen LogP contribution in [0.25, 0.3) is 11.0 Å². The number of para-hydroxylation sites is 1. The van der Waals surface area contributed by atoms with Gasteiger partial charge in [-0.2, -0.15) is 0 Å². The second-order valence-corrected chi connectivity index (χ2v) is 8.49. The van der Waals surface area contributed by atoms with Gasteiger partial charge in [-0.15, -0.1) is 5.10 Å². The fourth-order valence-corrected chi connectivity index (χ4v) is 3.71. The van der Waals surface area contributed by atoms with Crippen LogP contribution < -0.4 is 10.2 Å². The smallest absolute Gasteiger partial charge is 0.246 e. The topological polar surface area (TPSA) is 83.4 Å². The summed E-state index contributed by atoms with van der Waals surface area (Å²) in [4.78, 5) is 30.0. The van der Waals surface area contributed by atoms with Gasteiger partial charge >= 0.3 is 0 Å². The van der Waals surface area contributed by atoms with E-state index in [0.29, 0.717) is 16.8 Å². The third-order valence-electron chi connectivity index (χ3n) is 5.79. The number of hydrogen-bond donors (Lipinski definition) is 1. The number of nitrogens with zero attached hydrogens (tertiary/aromatic N) is 5. The molecule has 1 unspecified atom stereocenters. The minimum Gasteiger partial charge on any atom is -0.378 e. The average Bonchev–Trinajstić information content (AvgIpc) is 3.26. The Balaban J connectivity index is 1.55. The highest BCUT2D eigenvalue weighted by molar-refractivity contribution is 5.97. The van der Waals surface area contributed by atoms with E-state index in [9.17, 15) is 14.0 Å². The van der Waals surface area contributed by atoms with Gasteiger partial charge in [0.05, 0.1) is 5.52 Å². The zero-order valence-corrected chi connectivity index (χ0v) is 19.9. The predicted octanol–water partition coefficient (Wildman–Crippen LogP) is 3.69. The molecule has 1 N–H and O–H groups in total. The summed E-state index contributed by atoms with van der Waals surface area (Å²) in [7, 11) is 3.87. The van der Waals surface area contributed by atoms with Crippen molar-refractivity contribution in [2.45, 2.75) is 26.1 Å². The number of carbonyl (C=O) groups is 2. The molecule has 0 fully saturated rings. The van der Waals surface area contributed by atoms with Gasteiger partial charge in [0.15, 0.2) is 0 Å². The molecule has 0 spiro atoms. The van der Waals surface area contributed by atoms with Gasteiger partial charge in [-0.25, -0.2) is 9.07 Å². The summed E-state index contributed by atoms with van der Waals surface area (Å²) in [5.41, 5.74) is 3.74. The van der Waals surface area contributed by atoms with Crippen LogP contribution in [0, 0.1) is 5.82 Å². The highest BCUT2D eigenvalue weighted by atomic mass is 19.1. The molecular formula is C26H27FN6O2. The van der Waals surface area contributed by atoms with Crippen molar-refractivity contribution in [3.63, 3.8) is 0 Å². The molecule has 0 aliphatic rings. The van der Waals surface area contributed by atoms with E-state index in [0.717, 1.165) is 11.2 Å². The summed E-state index contributed by atoms with van der Waals surface area (Å²) in [6, 6.07) is 19.8. The molecule has 0 bridgehead atoms. The fourth-order valence-electron chi connectivity index (χ4n) is 3.71. The van der Waals surface area contributed by atoms with Crippen LogP contribution in [0.3, 0.4) is 0 Å². The number of aromatic nitrogens is 3. The van der Waals surface area contributed by atoms with Crippen LogP contribution >= 0.6 is 0 Å². The van der Waals surface area contributed by atoms with E-state index < -0.39 is 6.04 Å².